The maximum atomic E-state index is 12.3. The minimum Gasteiger partial charge on any atom is -0.335 e. The van der Waals surface area contributed by atoms with E-state index < -0.39 is 21.7 Å². The van der Waals surface area contributed by atoms with E-state index in [1.807, 2.05) is 0 Å². The summed E-state index contributed by atoms with van der Waals surface area (Å²) in [4.78, 5) is 38.1. The first-order valence-electron chi connectivity index (χ1n) is 8.50. The Bertz CT molecular complexity index is 1250. The van der Waals surface area contributed by atoms with Crippen molar-refractivity contribution in [2.45, 2.75) is 11.6 Å². The van der Waals surface area contributed by atoms with Gasteiger partial charge in [0.2, 0.25) is 15.0 Å². The van der Waals surface area contributed by atoms with Crippen LogP contribution in [0.5, 0.6) is 0 Å². The van der Waals surface area contributed by atoms with Gasteiger partial charge >= 0.3 is 0 Å². The molecule has 0 radical (unpaired) electrons. The van der Waals surface area contributed by atoms with E-state index >= 15 is 0 Å². The van der Waals surface area contributed by atoms with Gasteiger partial charge < -0.3 is 4.57 Å². The van der Waals surface area contributed by atoms with Gasteiger partial charge in [-0.15, -0.1) is 5.06 Å². The lowest BCUT2D eigenvalue weighted by Crippen LogP contribution is -2.30. The number of carbonyl (C=O) groups excluding carboxylic acids is 2. The van der Waals surface area contributed by atoms with Crippen molar-refractivity contribution >= 4 is 44.3 Å². The smallest absolute Gasteiger partial charge is 0.285 e. The molecule has 0 spiro atoms. The van der Waals surface area contributed by atoms with E-state index in [0.717, 1.165) is 11.3 Å². The van der Waals surface area contributed by atoms with Gasteiger partial charge in [-0.2, -0.15) is 4.98 Å². The molecule has 3 heterocycles. The number of carbonyl (C=O) groups is 2. The number of benzene rings is 1. The predicted octanol–water partition coefficient (Wildman–Crippen LogP) is 1.80. The average molecular weight is 435 g/mol. The number of amides is 2. The zero-order valence-electron chi connectivity index (χ0n) is 15.4. The fourth-order valence-corrected chi connectivity index (χ4v) is 4.03. The number of rotatable bonds is 5. The van der Waals surface area contributed by atoms with E-state index in [2.05, 4.69) is 9.97 Å². The van der Waals surface area contributed by atoms with Crippen molar-refractivity contribution in [1.82, 2.24) is 19.6 Å². The maximum Gasteiger partial charge on any atom is 0.285 e. The molecule has 0 N–H and O–H groups in total. The SMILES string of the molecule is Cn1cc(CCON2C(=O)c3ccccc3C2=O)c2c(Cl)nc(S(C)(=O)=O)nc21. The first kappa shape index (κ1) is 19.5. The molecule has 2 amide bonds. The minimum absolute atomic E-state index is 0.00626. The Kier molecular flexibility index (Phi) is 4.64. The summed E-state index contributed by atoms with van der Waals surface area (Å²) < 4.78 is 25.1. The van der Waals surface area contributed by atoms with Crippen molar-refractivity contribution in [3.05, 3.63) is 52.3 Å². The fraction of sp³-hybridized carbons (Fsp3) is 0.222. The first-order valence-corrected chi connectivity index (χ1v) is 10.8. The van der Waals surface area contributed by atoms with Gasteiger partial charge in [-0.3, -0.25) is 14.4 Å². The Morgan fingerprint density at radius 2 is 1.72 bits per heavy atom. The van der Waals surface area contributed by atoms with E-state index in [4.69, 9.17) is 16.4 Å². The third-order valence-corrected chi connectivity index (χ3v) is 5.63. The van der Waals surface area contributed by atoms with Crippen LogP contribution in [0.2, 0.25) is 5.15 Å². The summed E-state index contributed by atoms with van der Waals surface area (Å²) in [6, 6.07) is 6.49. The van der Waals surface area contributed by atoms with Gasteiger partial charge in [-0.1, -0.05) is 23.7 Å². The van der Waals surface area contributed by atoms with E-state index in [0.29, 0.717) is 34.1 Å². The molecule has 1 aromatic carbocycles. The summed E-state index contributed by atoms with van der Waals surface area (Å²) in [6.07, 6.45) is 3.03. The normalized spacial score (nSPS) is 14.1. The number of hydroxylamine groups is 2. The molecule has 0 unspecified atom stereocenters. The second-order valence-electron chi connectivity index (χ2n) is 6.57. The van der Waals surface area contributed by atoms with Gasteiger partial charge in [0, 0.05) is 25.9 Å². The lowest BCUT2D eigenvalue weighted by molar-refractivity contribution is -0.0901. The predicted molar refractivity (Wildman–Crippen MR) is 103 cm³/mol. The molecule has 150 valence electrons. The van der Waals surface area contributed by atoms with Crippen molar-refractivity contribution in [3.8, 4) is 0 Å². The molecule has 1 aliphatic heterocycles. The number of sulfone groups is 1. The maximum absolute atomic E-state index is 12.3. The number of hydrogen-bond acceptors (Lipinski definition) is 7. The largest absolute Gasteiger partial charge is 0.335 e. The molecule has 3 aromatic rings. The highest BCUT2D eigenvalue weighted by atomic mass is 35.5. The number of nitrogens with zero attached hydrogens (tertiary/aromatic N) is 4. The topological polar surface area (TPSA) is 111 Å². The fourth-order valence-electron chi connectivity index (χ4n) is 3.18. The quantitative estimate of drug-likeness (QED) is 0.342. The zero-order chi connectivity index (χ0) is 20.9. The molecule has 0 aliphatic carbocycles. The van der Waals surface area contributed by atoms with Crippen molar-refractivity contribution in [1.29, 1.82) is 0 Å². The Balaban J connectivity index is 1.56. The van der Waals surface area contributed by atoms with Gasteiger partial charge in [-0.25, -0.2) is 13.4 Å². The van der Waals surface area contributed by atoms with Crippen LogP contribution in [-0.2, 0) is 28.1 Å². The van der Waals surface area contributed by atoms with Crippen LogP contribution >= 0.6 is 11.6 Å². The molecule has 0 saturated carbocycles. The number of aromatic nitrogens is 3. The standard InChI is InChI=1S/C18H15ClN4O5S/c1-22-9-10(13-14(19)20-18(21-15(13)22)29(2,26)27)7-8-28-23-16(24)11-5-3-4-6-12(11)17(23)25/h3-6,9H,7-8H2,1-2H3. The lowest BCUT2D eigenvalue weighted by atomic mass is 10.1. The molecule has 0 saturated heterocycles. The van der Waals surface area contributed by atoms with Crippen LogP contribution in [0.15, 0.2) is 35.6 Å². The molecule has 0 bridgehead atoms. The highest BCUT2D eigenvalue weighted by Gasteiger charge is 2.36. The van der Waals surface area contributed by atoms with Crippen LogP contribution in [0.1, 0.15) is 26.3 Å². The number of imide groups is 1. The third-order valence-electron chi connectivity index (χ3n) is 4.51. The van der Waals surface area contributed by atoms with Gasteiger partial charge in [0.1, 0.15) is 10.8 Å². The van der Waals surface area contributed by atoms with Crippen LogP contribution in [0.3, 0.4) is 0 Å². The zero-order valence-corrected chi connectivity index (χ0v) is 17.0. The van der Waals surface area contributed by atoms with Crippen LogP contribution < -0.4 is 0 Å². The summed E-state index contributed by atoms with van der Waals surface area (Å²) in [5.74, 6) is -1.02. The summed E-state index contributed by atoms with van der Waals surface area (Å²) in [5, 5.41) is 0.889. The van der Waals surface area contributed by atoms with Crippen molar-refractivity contribution < 1.29 is 22.8 Å². The lowest BCUT2D eigenvalue weighted by Gasteiger charge is -2.13. The molecular weight excluding hydrogens is 420 g/mol. The number of halogens is 1. The van der Waals surface area contributed by atoms with E-state index in [-0.39, 0.29) is 16.9 Å². The molecule has 2 aromatic heterocycles. The second-order valence-corrected chi connectivity index (χ2v) is 8.83. The molecule has 11 heteroatoms. The summed E-state index contributed by atoms with van der Waals surface area (Å²) in [5.41, 5.74) is 1.66. The third kappa shape index (κ3) is 3.28. The van der Waals surface area contributed by atoms with Crippen LogP contribution in [0.4, 0.5) is 0 Å². The summed E-state index contributed by atoms with van der Waals surface area (Å²) in [6.45, 7) is 0.0226. The van der Waals surface area contributed by atoms with Gasteiger partial charge in [-0.05, 0) is 17.7 Å². The van der Waals surface area contributed by atoms with Gasteiger partial charge in [0.25, 0.3) is 11.8 Å². The summed E-state index contributed by atoms with van der Waals surface area (Å²) >= 11 is 6.21. The molecule has 0 fully saturated rings. The van der Waals surface area contributed by atoms with Gasteiger partial charge in [0.05, 0.1) is 23.1 Å². The van der Waals surface area contributed by atoms with Gasteiger partial charge in [0.15, 0.2) is 0 Å². The molecular formula is C18H15ClN4O5S. The van der Waals surface area contributed by atoms with Crippen molar-refractivity contribution in [2.24, 2.45) is 7.05 Å². The number of aryl methyl sites for hydroxylation is 1. The summed E-state index contributed by atoms with van der Waals surface area (Å²) in [7, 11) is -1.92. The molecule has 29 heavy (non-hydrogen) atoms. The average Bonchev–Trinajstić information content (AvgIpc) is 3.11. The Morgan fingerprint density at radius 1 is 1.10 bits per heavy atom. The van der Waals surface area contributed by atoms with E-state index in [9.17, 15) is 18.0 Å². The van der Waals surface area contributed by atoms with Crippen LogP contribution in [-0.4, -0.2) is 52.7 Å². The highest BCUT2D eigenvalue weighted by Crippen LogP contribution is 2.28. The van der Waals surface area contributed by atoms with E-state index in [1.54, 1.807) is 42.1 Å². The second kappa shape index (κ2) is 6.90. The van der Waals surface area contributed by atoms with Crippen LogP contribution in [0, 0.1) is 0 Å². The Morgan fingerprint density at radius 3 is 2.31 bits per heavy atom. The minimum atomic E-state index is -3.62. The number of fused-ring (bicyclic) bond motifs is 2. The number of hydrogen-bond donors (Lipinski definition) is 0. The van der Waals surface area contributed by atoms with Crippen molar-refractivity contribution in [3.63, 3.8) is 0 Å². The molecule has 4 rings (SSSR count). The highest BCUT2D eigenvalue weighted by molar-refractivity contribution is 7.90. The first-order chi connectivity index (χ1) is 13.7. The van der Waals surface area contributed by atoms with E-state index in [1.165, 1.54) is 0 Å². The van der Waals surface area contributed by atoms with Crippen molar-refractivity contribution in [2.75, 3.05) is 12.9 Å². The Labute approximate surface area is 170 Å². The Hall–Kier alpha value is -2.82. The molecule has 9 nitrogen and oxygen atoms in total. The molecule has 0 atom stereocenters. The molecule has 1 aliphatic rings. The monoisotopic (exact) mass is 434 g/mol. The van der Waals surface area contributed by atoms with Crippen LogP contribution in [0.25, 0.3) is 11.0 Å².